The molecule has 3 heteroatoms. The van der Waals surface area contributed by atoms with Crippen molar-refractivity contribution in [2.24, 2.45) is 0 Å². The fourth-order valence-corrected chi connectivity index (χ4v) is 2.33. The quantitative estimate of drug-likeness (QED) is 0.443. The summed E-state index contributed by atoms with van der Waals surface area (Å²) in [6.07, 6.45) is 15.3. The molecule has 0 atom stereocenters. The lowest BCUT2D eigenvalue weighted by molar-refractivity contribution is -0.121. The Bertz CT molecular complexity index is 207. The third kappa shape index (κ3) is 15.5. The van der Waals surface area contributed by atoms with E-state index in [9.17, 15) is 4.79 Å². The second-order valence-corrected chi connectivity index (χ2v) is 5.71. The van der Waals surface area contributed by atoms with Gasteiger partial charge < -0.3 is 10.4 Å². The van der Waals surface area contributed by atoms with Crippen molar-refractivity contribution in [2.45, 2.75) is 90.4 Å². The average Bonchev–Trinajstić information content (AvgIpc) is 2.45. The minimum atomic E-state index is 0.169. The summed E-state index contributed by atoms with van der Waals surface area (Å²) in [4.78, 5) is 11.5. The van der Waals surface area contributed by atoms with Gasteiger partial charge in [0, 0.05) is 19.6 Å². The van der Waals surface area contributed by atoms with E-state index in [0.29, 0.717) is 13.0 Å². The van der Waals surface area contributed by atoms with E-state index in [2.05, 4.69) is 12.2 Å². The van der Waals surface area contributed by atoms with Gasteiger partial charge in [0.15, 0.2) is 0 Å². The molecule has 1 amide bonds. The Morgan fingerprint density at radius 1 is 0.800 bits per heavy atom. The van der Waals surface area contributed by atoms with Crippen molar-refractivity contribution in [1.29, 1.82) is 0 Å². The van der Waals surface area contributed by atoms with Crippen LogP contribution in [0.15, 0.2) is 0 Å². The second-order valence-electron chi connectivity index (χ2n) is 5.71. The lowest BCUT2D eigenvalue weighted by atomic mass is 10.1. The van der Waals surface area contributed by atoms with Gasteiger partial charge in [0.1, 0.15) is 0 Å². The van der Waals surface area contributed by atoms with Crippen molar-refractivity contribution in [3.8, 4) is 0 Å². The highest BCUT2D eigenvalue weighted by atomic mass is 16.2. The van der Waals surface area contributed by atoms with Crippen molar-refractivity contribution in [3.63, 3.8) is 0 Å². The average molecular weight is 285 g/mol. The number of unbranched alkanes of at least 4 members (excludes halogenated alkanes) is 10. The molecule has 3 nitrogen and oxygen atoms in total. The summed E-state index contributed by atoms with van der Waals surface area (Å²) in [7, 11) is 0. The van der Waals surface area contributed by atoms with Gasteiger partial charge in [-0.05, 0) is 19.3 Å². The molecule has 0 aromatic heterocycles. The van der Waals surface area contributed by atoms with E-state index in [-0.39, 0.29) is 12.5 Å². The van der Waals surface area contributed by atoms with Gasteiger partial charge in [0.2, 0.25) is 5.91 Å². The third-order valence-electron chi connectivity index (χ3n) is 3.66. The van der Waals surface area contributed by atoms with Crippen molar-refractivity contribution >= 4 is 5.91 Å². The van der Waals surface area contributed by atoms with Gasteiger partial charge in [-0.3, -0.25) is 4.79 Å². The Hall–Kier alpha value is -0.570. The van der Waals surface area contributed by atoms with Gasteiger partial charge in [-0.2, -0.15) is 0 Å². The summed E-state index contributed by atoms with van der Waals surface area (Å²) in [5.74, 6) is 0.169. The molecule has 0 saturated carbocycles. The van der Waals surface area contributed by atoms with Crippen LogP contribution in [0.1, 0.15) is 90.4 Å². The second kappa shape index (κ2) is 16.5. The van der Waals surface area contributed by atoms with Crippen LogP contribution in [0.2, 0.25) is 0 Å². The van der Waals surface area contributed by atoms with Gasteiger partial charge in [-0.25, -0.2) is 0 Å². The number of nitrogens with one attached hydrogen (secondary N) is 1. The molecule has 120 valence electrons. The summed E-state index contributed by atoms with van der Waals surface area (Å²) in [5, 5.41) is 11.5. The molecule has 0 aromatic carbocycles. The van der Waals surface area contributed by atoms with Crippen LogP contribution in [0.25, 0.3) is 0 Å². The molecule has 0 fully saturated rings. The molecule has 0 aliphatic carbocycles. The van der Waals surface area contributed by atoms with Crippen molar-refractivity contribution < 1.29 is 9.90 Å². The maximum absolute atomic E-state index is 11.5. The predicted molar refractivity (Wildman–Crippen MR) is 85.8 cm³/mol. The molecule has 0 saturated heterocycles. The van der Waals surface area contributed by atoms with Crippen LogP contribution < -0.4 is 5.32 Å². The van der Waals surface area contributed by atoms with E-state index in [1.165, 1.54) is 57.8 Å². The van der Waals surface area contributed by atoms with E-state index in [1.807, 2.05) is 0 Å². The number of hydrogen-bond donors (Lipinski definition) is 2. The van der Waals surface area contributed by atoms with Gasteiger partial charge >= 0.3 is 0 Å². The van der Waals surface area contributed by atoms with E-state index < -0.39 is 0 Å². The molecule has 0 spiro atoms. The van der Waals surface area contributed by atoms with Crippen molar-refractivity contribution in [2.75, 3.05) is 13.2 Å². The molecule has 2 N–H and O–H groups in total. The van der Waals surface area contributed by atoms with Crippen LogP contribution in [0.4, 0.5) is 0 Å². The maximum Gasteiger partial charge on any atom is 0.219 e. The zero-order valence-corrected chi connectivity index (χ0v) is 13.5. The van der Waals surface area contributed by atoms with Gasteiger partial charge in [-0.1, -0.05) is 64.7 Å². The zero-order valence-electron chi connectivity index (χ0n) is 13.5. The van der Waals surface area contributed by atoms with Crippen LogP contribution in [-0.2, 0) is 4.79 Å². The van der Waals surface area contributed by atoms with E-state index in [4.69, 9.17) is 5.11 Å². The highest BCUT2D eigenvalue weighted by Crippen LogP contribution is 2.11. The number of amides is 1. The number of carbonyl (C=O) groups excluding carboxylic acids is 1. The summed E-state index contributed by atoms with van der Waals surface area (Å²) >= 11 is 0. The first-order chi connectivity index (χ1) is 9.81. The van der Waals surface area contributed by atoms with Gasteiger partial charge in [0.05, 0.1) is 0 Å². The third-order valence-corrected chi connectivity index (χ3v) is 3.66. The minimum absolute atomic E-state index is 0.169. The SMILES string of the molecule is CCCCCCCCCCCCC(=O)NCCCCO. The van der Waals surface area contributed by atoms with Gasteiger partial charge in [-0.15, -0.1) is 0 Å². The van der Waals surface area contributed by atoms with Crippen LogP contribution in [-0.4, -0.2) is 24.2 Å². The maximum atomic E-state index is 11.5. The lowest BCUT2D eigenvalue weighted by Crippen LogP contribution is -2.24. The largest absolute Gasteiger partial charge is 0.396 e. The Balaban J connectivity index is 3.09. The highest BCUT2D eigenvalue weighted by molar-refractivity contribution is 5.75. The van der Waals surface area contributed by atoms with Crippen LogP contribution in [0, 0.1) is 0 Å². The number of aliphatic hydroxyl groups excluding tert-OH is 1. The Kier molecular flexibility index (Phi) is 16.0. The van der Waals surface area contributed by atoms with E-state index in [1.54, 1.807) is 0 Å². The summed E-state index contributed by atoms with van der Waals surface area (Å²) in [5.41, 5.74) is 0. The Morgan fingerprint density at radius 2 is 1.35 bits per heavy atom. The number of rotatable bonds is 15. The Morgan fingerprint density at radius 3 is 1.90 bits per heavy atom. The predicted octanol–water partition coefficient (Wildman–Crippen LogP) is 4.19. The standard InChI is InChI=1S/C17H35NO2/c1-2-3-4-5-6-7-8-9-10-11-14-17(20)18-15-12-13-16-19/h19H,2-16H2,1H3,(H,18,20). The molecule has 0 aromatic rings. The minimum Gasteiger partial charge on any atom is -0.396 e. The molecule has 0 heterocycles. The molecule has 0 aliphatic rings. The van der Waals surface area contributed by atoms with Crippen molar-refractivity contribution in [3.05, 3.63) is 0 Å². The fourth-order valence-electron chi connectivity index (χ4n) is 2.33. The molecular formula is C17H35NO2. The molecule has 0 radical (unpaired) electrons. The molecule has 0 rings (SSSR count). The molecule has 0 aliphatic heterocycles. The van der Waals surface area contributed by atoms with Crippen molar-refractivity contribution in [1.82, 2.24) is 5.32 Å². The topological polar surface area (TPSA) is 49.3 Å². The summed E-state index contributed by atoms with van der Waals surface area (Å²) in [6, 6.07) is 0. The first-order valence-electron chi connectivity index (χ1n) is 8.68. The fraction of sp³-hybridized carbons (Fsp3) is 0.941. The molecular weight excluding hydrogens is 250 g/mol. The number of aliphatic hydroxyl groups is 1. The van der Waals surface area contributed by atoms with Crippen LogP contribution in [0.3, 0.4) is 0 Å². The smallest absolute Gasteiger partial charge is 0.219 e. The zero-order chi connectivity index (χ0) is 14.9. The molecule has 0 unspecified atom stereocenters. The monoisotopic (exact) mass is 285 g/mol. The normalized spacial score (nSPS) is 10.7. The summed E-state index contributed by atoms with van der Waals surface area (Å²) < 4.78 is 0. The van der Waals surface area contributed by atoms with E-state index in [0.717, 1.165) is 19.3 Å². The Labute approximate surface area is 125 Å². The lowest BCUT2D eigenvalue weighted by Gasteiger charge is -2.05. The molecule has 20 heavy (non-hydrogen) atoms. The molecule has 0 bridgehead atoms. The van der Waals surface area contributed by atoms with E-state index >= 15 is 0 Å². The van der Waals surface area contributed by atoms with Crippen LogP contribution in [0.5, 0.6) is 0 Å². The number of carbonyl (C=O) groups is 1. The first-order valence-corrected chi connectivity index (χ1v) is 8.68. The van der Waals surface area contributed by atoms with Gasteiger partial charge in [0.25, 0.3) is 0 Å². The number of hydrogen-bond acceptors (Lipinski definition) is 2. The highest BCUT2D eigenvalue weighted by Gasteiger charge is 2.00. The van der Waals surface area contributed by atoms with Crippen LogP contribution >= 0.6 is 0 Å². The first kappa shape index (κ1) is 19.4. The summed E-state index contributed by atoms with van der Waals surface area (Å²) in [6.45, 7) is 3.17.